The highest BCUT2D eigenvalue weighted by atomic mass is 32.1. The summed E-state index contributed by atoms with van der Waals surface area (Å²) in [6.07, 6.45) is 0. The molecule has 0 saturated carbocycles. The van der Waals surface area contributed by atoms with Crippen LogP contribution in [-0.2, 0) is 0 Å². The molecule has 0 amide bonds. The molecule has 266 valence electrons. The Bertz CT molecular complexity index is 3540. The number of aromatic nitrogens is 5. The molecule has 57 heavy (non-hydrogen) atoms. The van der Waals surface area contributed by atoms with Gasteiger partial charge in [-0.25, -0.2) is 24.9 Å². The van der Waals surface area contributed by atoms with Gasteiger partial charge in [0.15, 0.2) is 23.3 Å². The molecular formula is C49H27N5OS2. The topological polar surface area (TPSA) is 77.6 Å². The molecule has 8 heteroatoms. The van der Waals surface area contributed by atoms with E-state index in [0.29, 0.717) is 23.3 Å². The van der Waals surface area contributed by atoms with Crippen molar-refractivity contribution in [3.05, 3.63) is 164 Å². The molecular weight excluding hydrogens is 739 g/mol. The minimum absolute atomic E-state index is 0.559. The molecule has 12 rings (SSSR count). The van der Waals surface area contributed by atoms with Crippen LogP contribution in [0.25, 0.3) is 119 Å². The fraction of sp³-hybridized carbons (Fsp3) is 0. The Morgan fingerprint density at radius 1 is 0.351 bits per heavy atom. The summed E-state index contributed by atoms with van der Waals surface area (Å²) in [5.74, 6) is 2.40. The van der Waals surface area contributed by atoms with Gasteiger partial charge in [-0.2, -0.15) is 0 Å². The summed E-state index contributed by atoms with van der Waals surface area (Å²) in [5, 5.41) is 5.26. The molecule has 5 aromatic heterocycles. The van der Waals surface area contributed by atoms with Crippen LogP contribution in [0.3, 0.4) is 0 Å². The summed E-state index contributed by atoms with van der Waals surface area (Å²) < 4.78 is 11.3. The first kappa shape index (κ1) is 32.1. The molecule has 0 fully saturated rings. The first-order chi connectivity index (χ1) is 28.2. The Morgan fingerprint density at radius 2 is 0.860 bits per heavy atom. The molecule has 0 radical (unpaired) electrons. The second-order valence-electron chi connectivity index (χ2n) is 13.9. The van der Waals surface area contributed by atoms with Crippen LogP contribution in [0.5, 0.6) is 0 Å². The van der Waals surface area contributed by atoms with Gasteiger partial charge in [-0.05, 0) is 30.3 Å². The fourth-order valence-corrected chi connectivity index (χ4v) is 10.3. The first-order valence-corrected chi connectivity index (χ1v) is 20.3. The third-order valence-corrected chi connectivity index (χ3v) is 12.9. The minimum Gasteiger partial charge on any atom is -0.456 e. The predicted octanol–water partition coefficient (Wildman–Crippen LogP) is 13.6. The van der Waals surface area contributed by atoms with Gasteiger partial charge in [-0.1, -0.05) is 133 Å². The molecule has 0 unspecified atom stereocenters. The maximum Gasteiger partial charge on any atom is 0.164 e. The summed E-state index contributed by atoms with van der Waals surface area (Å²) in [6, 6.07) is 56.1. The highest BCUT2D eigenvalue weighted by Crippen LogP contribution is 2.44. The van der Waals surface area contributed by atoms with Crippen LogP contribution in [0.2, 0.25) is 0 Å². The van der Waals surface area contributed by atoms with Crippen molar-refractivity contribution in [2.75, 3.05) is 0 Å². The van der Waals surface area contributed by atoms with Gasteiger partial charge in [0, 0.05) is 68.8 Å². The van der Waals surface area contributed by atoms with E-state index in [1.807, 2.05) is 60.7 Å². The SMILES string of the molecule is c1ccc(-c2nc(-c3cccc4sc5ccccc5c34)nc(-c3cccc4oc5cccc(-c6nc(-c7ccccc7)c7sc8ccccc8c7n6)c5c34)n2)cc1. The van der Waals surface area contributed by atoms with Crippen molar-refractivity contribution in [1.29, 1.82) is 0 Å². The molecule has 0 atom stereocenters. The van der Waals surface area contributed by atoms with E-state index in [1.54, 1.807) is 22.7 Å². The van der Waals surface area contributed by atoms with E-state index in [1.165, 1.54) is 19.5 Å². The van der Waals surface area contributed by atoms with Crippen molar-refractivity contribution < 1.29 is 4.42 Å². The zero-order valence-electron chi connectivity index (χ0n) is 30.0. The molecule has 5 heterocycles. The van der Waals surface area contributed by atoms with Crippen LogP contribution in [0.4, 0.5) is 0 Å². The third kappa shape index (κ3) is 5.12. The predicted molar refractivity (Wildman–Crippen MR) is 236 cm³/mol. The maximum absolute atomic E-state index is 6.64. The number of benzene rings is 7. The molecule has 0 aliphatic rings. The highest BCUT2D eigenvalue weighted by molar-refractivity contribution is 7.26. The quantitative estimate of drug-likeness (QED) is 0.174. The van der Waals surface area contributed by atoms with E-state index in [0.717, 1.165) is 76.4 Å². The zero-order chi connectivity index (χ0) is 37.5. The van der Waals surface area contributed by atoms with Crippen LogP contribution in [-0.4, -0.2) is 24.9 Å². The van der Waals surface area contributed by atoms with Crippen molar-refractivity contribution in [3.63, 3.8) is 0 Å². The molecule has 0 saturated heterocycles. The van der Waals surface area contributed by atoms with Gasteiger partial charge >= 0.3 is 0 Å². The fourth-order valence-electron chi connectivity index (χ4n) is 8.04. The third-order valence-electron chi connectivity index (χ3n) is 10.6. The number of furan rings is 1. The maximum atomic E-state index is 6.64. The van der Waals surface area contributed by atoms with Crippen LogP contribution in [0.1, 0.15) is 0 Å². The molecule has 0 aliphatic heterocycles. The van der Waals surface area contributed by atoms with E-state index in [4.69, 9.17) is 29.3 Å². The van der Waals surface area contributed by atoms with Crippen LogP contribution in [0.15, 0.2) is 168 Å². The summed E-state index contributed by atoms with van der Waals surface area (Å²) in [6.45, 7) is 0. The second kappa shape index (κ2) is 12.7. The Morgan fingerprint density at radius 3 is 1.54 bits per heavy atom. The number of rotatable bonds is 5. The Labute approximate surface area is 333 Å². The van der Waals surface area contributed by atoms with Crippen molar-refractivity contribution in [1.82, 2.24) is 24.9 Å². The number of hydrogen-bond donors (Lipinski definition) is 0. The summed E-state index contributed by atoms with van der Waals surface area (Å²) >= 11 is 3.51. The van der Waals surface area contributed by atoms with Crippen LogP contribution in [0, 0.1) is 0 Å². The van der Waals surface area contributed by atoms with Gasteiger partial charge in [0.25, 0.3) is 0 Å². The molecule has 0 spiro atoms. The van der Waals surface area contributed by atoms with Gasteiger partial charge in [0.2, 0.25) is 0 Å². The number of fused-ring (bicyclic) bond motifs is 9. The average molecular weight is 766 g/mol. The standard InChI is InChI=1S/C49H27N5OS2/c1-3-14-28(15-4-1)43-45-44(31-19-8-10-26-38(31)57-45)51-47(50-43)33-20-11-23-35-41(33)42-34(21-12-24-36(42)55-35)49-53-46(29-16-5-2-6-17-29)52-48(54-49)32-22-13-27-39-40(32)30-18-7-9-25-37(30)56-39/h1-27H. The van der Waals surface area contributed by atoms with Crippen molar-refractivity contribution in [3.8, 4) is 56.8 Å². The lowest BCUT2D eigenvalue weighted by atomic mass is 10.0. The van der Waals surface area contributed by atoms with E-state index in [-0.39, 0.29) is 0 Å². The molecule has 6 nitrogen and oxygen atoms in total. The van der Waals surface area contributed by atoms with Crippen molar-refractivity contribution in [2.24, 2.45) is 0 Å². The van der Waals surface area contributed by atoms with Crippen LogP contribution >= 0.6 is 22.7 Å². The number of hydrogen-bond acceptors (Lipinski definition) is 8. The number of nitrogens with zero attached hydrogens (tertiary/aromatic N) is 5. The lowest BCUT2D eigenvalue weighted by Crippen LogP contribution is -2.00. The van der Waals surface area contributed by atoms with E-state index < -0.39 is 0 Å². The largest absolute Gasteiger partial charge is 0.456 e. The smallest absolute Gasteiger partial charge is 0.164 e. The average Bonchev–Trinajstić information content (AvgIpc) is 3.98. The van der Waals surface area contributed by atoms with Gasteiger partial charge in [-0.3, -0.25) is 0 Å². The van der Waals surface area contributed by atoms with E-state index >= 15 is 0 Å². The molecule has 0 bridgehead atoms. The Balaban J connectivity index is 1.14. The first-order valence-electron chi connectivity index (χ1n) is 18.7. The molecule has 7 aromatic carbocycles. The lowest BCUT2D eigenvalue weighted by molar-refractivity contribution is 0.669. The van der Waals surface area contributed by atoms with Crippen molar-refractivity contribution >= 4 is 85.1 Å². The van der Waals surface area contributed by atoms with E-state index in [2.05, 4.69) is 103 Å². The summed E-state index contributed by atoms with van der Waals surface area (Å²) in [4.78, 5) is 26.3. The Hall–Kier alpha value is -7.13. The monoisotopic (exact) mass is 765 g/mol. The highest BCUT2D eigenvalue weighted by Gasteiger charge is 2.23. The Kier molecular flexibility index (Phi) is 7.17. The number of thiophene rings is 2. The molecule has 0 N–H and O–H groups in total. The van der Waals surface area contributed by atoms with Gasteiger partial charge in [-0.15, -0.1) is 22.7 Å². The van der Waals surface area contributed by atoms with Gasteiger partial charge in [0.1, 0.15) is 11.2 Å². The van der Waals surface area contributed by atoms with Crippen molar-refractivity contribution in [2.45, 2.75) is 0 Å². The molecule has 0 aliphatic carbocycles. The molecule has 12 aromatic rings. The van der Waals surface area contributed by atoms with Crippen LogP contribution < -0.4 is 0 Å². The van der Waals surface area contributed by atoms with E-state index in [9.17, 15) is 0 Å². The second-order valence-corrected chi connectivity index (χ2v) is 16.1. The zero-order valence-corrected chi connectivity index (χ0v) is 31.7. The summed E-state index contributed by atoms with van der Waals surface area (Å²) in [7, 11) is 0. The lowest BCUT2D eigenvalue weighted by Gasteiger charge is -2.11. The minimum atomic E-state index is 0.559. The van der Waals surface area contributed by atoms with Gasteiger partial charge < -0.3 is 4.42 Å². The summed E-state index contributed by atoms with van der Waals surface area (Å²) in [5.41, 5.74) is 7.95. The van der Waals surface area contributed by atoms with Gasteiger partial charge in [0.05, 0.1) is 15.9 Å². The normalized spacial score (nSPS) is 11.9.